The summed E-state index contributed by atoms with van der Waals surface area (Å²) in [4.78, 5) is 24.5. The molecule has 0 radical (unpaired) electrons. The van der Waals surface area contributed by atoms with Crippen molar-refractivity contribution >= 4 is 28.0 Å². The molecule has 1 aromatic carbocycles. The Kier molecular flexibility index (Phi) is 5.17. The summed E-state index contributed by atoms with van der Waals surface area (Å²) in [7, 11) is 0. The highest BCUT2D eigenvalue weighted by molar-refractivity contribution is 7.16. The largest absolute Gasteiger partial charge is 0.417 e. The van der Waals surface area contributed by atoms with Crippen LogP contribution in [0.2, 0.25) is 0 Å². The molecule has 2 aromatic rings. The summed E-state index contributed by atoms with van der Waals surface area (Å²) in [5, 5.41) is 11.5. The van der Waals surface area contributed by atoms with Gasteiger partial charge in [0, 0.05) is 17.7 Å². The van der Waals surface area contributed by atoms with Crippen molar-refractivity contribution in [1.29, 1.82) is 5.26 Å². The molecule has 0 saturated heterocycles. The number of Topliss-reactive ketones (excluding diaryl/α,β-unsaturated/α-hetero) is 1. The highest BCUT2D eigenvalue weighted by atomic mass is 32.1. The number of nitrogens with one attached hydrogen (secondary N) is 1. The quantitative estimate of drug-likeness (QED) is 0.682. The van der Waals surface area contributed by atoms with Crippen LogP contribution in [-0.4, -0.2) is 11.7 Å². The number of thiophene rings is 1. The first-order valence-electron chi connectivity index (χ1n) is 8.08. The maximum atomic E-state index is 13.3. The molecule has 1 aliphatic rings. The third-order valence-corrected chi connectivity index (χ3v) is 5.49. The number of anilines is 1. The van der Waals surface area contributed by atoms with Gasteiger partial charge < -0.3 is 5.32 Å². The summed E-state index contributed by atoms with van der Waals surface area (Å²) in [5.74, 6) is -1.37. The number of hydrogen-bond donors (Lipinski definition) is 1. The van der Waals surface area contributed by atoms with E-state index in [-0.39, 0.29) is 41.7 Å². The van der Waals surface area contributed by atoms with Crippen molar-refractivity contribution in [1.82, 2.24) is 0 Å². The van der Waals surface area contributed by atoms with Gasteiger partial charge in [-0.25, -0.2) is 0 Å². The van der Waals surface area contributed by atoms with Gasteiger partial charge in [0.15, 0.2) is 0 Å². The van der Waals surface area contributed by atoms with E-state index in [4.69, 9.17) is 0 Å². The molecule has 0 spiro atoms. The van der Waals surface area contributed by atoms with E-state index in [1.807, 2.05) is 6.07 Å². The van der Waals surface area contributed by atoms with Crippen LogP contribution in [-0.2, 0) is 30.0 Å². The molecule has 1 N–H and O–H groups in total. The minimum atomic E-state index is -5.20. The number of carbonyl (C=O) groups is 2. The predicted octanol–water partition coefficient (Wildman–Crippen LogP) is 4.97. The van der Waals surface area contributed by atoms with Gasteiger partial charge in [0.1, 0.15) is 16.9 Å². The number of ketones is 1. The zero-order valence-electron chi connectivity index (χ0n) is 14.3. The van der Waals surface area contributed by atoms with E-state index in [1.54, 1.807) is 0 Å². The van der Waals surface area contributed by atoms with Crippen LogP contribution in [0.5, 0.6) is 0 Å². The number of hydrogen-bond acceptors (Lipinski definition) is 4. The lowest BCUT2D eigenvalue weighted by Gasteiger charge is -2.15. The average Bonchev–Trinajstić information content (AvgIpc) is 2.95. The van der Waals surface area contributed by atoms with E-state index in [9.17, 15) is 41.2 Å². The third-order valence-electron chi connectivity index (χ3n) is 4.34. The Morgan fingerprint density at radius 2 is 1.79 bits per heavy atom. The van der Waals surface area contributed by atoms with Gasteiger partial charge in [-0.1, -0.05) is 0 Å². The van der Waals surface area contributed by atoms with Gasteiger partial charge >= 0.3 is 12.4 Å². The Bertz CT molecular complexity index is 1050. The number of benzene rings is 1. The second-order valence-electron chi connectivity index (χ2n) is 6.25. The van der Waals surface area contributed by atoms with E-state index in [0.29, 0.717) is 22.6 Å². The molecule has 29 heavy (non-hydrogen) atoms. The molecule has 0 fully saturated rings. The van der Waals surface area contributed by atoms with Gasteiger partial charge in [0.2, 0.25) is 0 Å². The molecule has 1 aromatic heterocycles. The molecular formula is C18H10F6N2O2S. The molecule has 0 atom stereocenters. The van der Waals surface area contributed by atoms with Crippen molar-refractivity contribution in [2.75, 3.05) is 5.32 Å². The fourth-order valence-corrected chi connectivity index (χ4v) is 4.20. The Hall–Kier alpha value is -2.87. The van der Waals surface area contributed by atoms with Crippen molar-refractivity contribution in [3.63, 3.8) is 0 Å². The lowest BCUT2D eigenvalue weighted by Crippen LogP contribution is -2.20. The standard InChI is InChI=1S/C18H10F6N2O2S/c19-17(20,21)8-1-3-11(13(5-8)18(22,23)24)15(28)26-16-12(7-25)10-4-2-9(27)6-14(10)29-16/h1,3,5H,2,4,6H2,(H,26,28). The smallest absolute Gasteiger partial charge is 0.312 e. The van der Waals surface area contributed by atoms with Crippen LogP contribution < -0.4 is 5.32 Å². The molecule has 1 amide bonds. The number of amides is 1. The number of alkyl halides is 6. The molecule has 0 bridgehead atoms. The minimum absolute atomic E-state index is 0.0368. The Morgan fingerprint density at radius 3 is 2.38 bits per heavy atom. The highest BCUT2D eigenvalue weighted by Crippen LogP contribution is 2.39. The molecule has 152 valence electrons. The van der Waals surface area contributed by atoms with Crippen LogP contribution in [0.15, 0.2) is 18.2 Å². The molecule has 4 nitrogen and oxygen atoms in total. The van der Waals surface area contributed by atoms with E-state index >= 15 is 0 Å². The SMILES string of the molecule is N#Cc1c(NC(=O)c2ccc(C(F)(F)F)cc2C(F)(F)F)sc2c1CCC(=O)C2. The van der Waals surface area contributed by atoms with E-state index in [2.05, 4.69) is 5.32 Å². The Labute approximate surface area is 163 Å². The van der Waals surface area contributed by atoms with Crippen LogP contribution in [0.25, 0.3) is 0 Å². The molecule has 11 heteroatoms. The fraction of sp³-hybridized carbons (Fsp3) is 0.278. The topological polar surface area (TPSA) is 70.0 Å². The van der Waals surface area contributed by atoms with E-state index in [0.717, 1.165) is 11.3 Å². The summed E-state index contributed by atoms with van der Waals surface area (Å²) in [5.41, 5.74) is -3.68. The van der Waals surface area contributed by atoms with Crippen LogP contribution in [0.1, 0.15) is 43.9 Å². The Morgan fingerprint density at radius 1 is 1.10 bits per heavy atom. The average molecular weight is 432 g/mol. The molecule has 0 unspecified atom stereocenters. The molecule has 3 rings (SSSR count). The number of nitrogens with zero attached hydrogens (tertiary/aromatic N) is 1. The van der Waals surface area contributed by atoms with Gasteiger partial charge in [0.25, 0.3) is 5.91 Å². The number of fused-ring (bicyclic) bond motifs is 1. The van der Waals surface area contributed by atoms with Crippen molar-refractivity contribution in [2.24, 2.45) is 0 Å². The van der Waals surface area contributed by atoms with E-state index < -0.39 is 35.0 Å². The summed E-state index contributed by atoms with van der Waals surface area (Å²) in [6, 6.07) is 2.57. The zero-order valence-corrected chi connectivity index (χ0v) is 15.1. The molecule has 0 saturated carbocycles. The van der Waals surface area contributed by atoms with Crippen LogP contribution >= 0.6 is 11.3 Å². The zero-order chi connectivity index (χ0) is 21.6. The van der Waals surface area contributed by atoms with Crippen LogP contribution in [0, 0.1) is 11.3 Å². The molecular weight excluding hydrogens is 422 g/mol. The highest BCUT2D eigenvalue weighted by Gasteiger charge is 2.39. The predicted molar refractivity (Wildman–Crippen MR) is 90.5 cm³/mol. The first-order valence-corrected chi connectivity index (χ1v) is 8.89. The van der Waals surface area contributed by atoms with Gasteiger partial charge in [-0.05, 0) is 30.2 Å². The molecule has 1 heterocycles. The van der Waals surface area contributed by atoms with Crippen molar-refractivity contribution in [2.45, 2.75) is 31.6 Å². The second-order valence-corrected chi connectivity index (χ2v) is 7.35. The normalized spacial score (nSPS) is 14.3. The number of nitriles is 1. The summed E-state index contributed by atoms with van der Waals surface area (Å²) < 4.78 is 78.1. The molecule has 1 aliphatic carbocycles. The first-order chi connectivity index (χ1) is 13.4. The number of rotatable bonds is 2. The maximum Gasteiger partial charge on any atom is 0.417 e. The summed E-state index contributed by atoms with van der Waals surface area (Å²) in [6.45, 7) is 0. The van der Waals surface area contributed by atoms with Crippen molar-refractivity contribution in [3.05, 3.63) is 50.9 Å². The van der Waals surface area contributed by atoms with Crippen molar-refractivity contribution in [3.8, 4) is 6.07 Å². The van der Waals surface area contributed by atoms with Gasteiger partial charge in [-0.2, -0.15) is 31.6 Å². The molecule has 0 aliphatic heterocycles. The summed E-state index contributed by atoms with van der Waals surface area (Å²) in [6.07, 6.45) is -9.67. The first kappa shape index (κ1) is 20.9. The third kappa shape index (κ3) is 4.12. The minimum Gasteiger partial charge on any atom is -0.312 e. The van der Waals surface area contributed by atoms with E-state index in [1.165, 1.54) is 0 Å². The van der Waals surface area contributed by atoms with Gasteiger partial charge in [0.05, 0.1) is 22.3 Å². The van der Waals surface area contributed by atoms with Crippen LogP contribution in [0.3, 0.4) is 0 Å². The fourth-order valence-electron chi connectivity index (χ4n) is 2.98. The van der Waals surface area contributed by atoms with Gasteiger partial charge in [-0.15, -0.1) is 11.3 Å². The van der Waals surface area contributed by atoms with Gasteiger partial charge in [-0.3, -0.25) is 9.59 Å². The maximum absolute atomic E-state index is 13.3. The lowest BCUT2D eigenvalue weighted by molar-refractivity contribution is -0.143. The summed E-state index contributed by atoms with van der Waals surface area (Å²) >= 11 is 0.898. The van der Waals surface area contributed by atoms with Crippen molar-refractivity contribution < 1.29 is 35.9 Å². The van der Waals surface area contributed by atoms with Crippen LogP contribution in [0.4, 0.5) is 31.3 Å². The monoisotopic (exact) mass is 432 g/mol. The lowest BCUT2D eigenvalue weighted by atomic mass is 9.95. The number of carbonyl (C=O) groups excluding carboxylic acids is 2. The second kappa shape index (κ2) is 7.18. The number of halogens is 6. The Balaban J connectivity index is 2.00.